The second-order valence-electron chi connectivity index (χ2n) is 6.73. The highest BCUT2D eigenvalue weighted by atomic mass is 16.6. The summed E-state index contributed by atoms with van der Waals surface area (Å²) < 4.78 is 7.13. The molecule has 0 aliphatic carbocycles. The quantitative estimate of drug-likeness (QED) is 0.602. The lowest BCUT2D eigenvalue weighted by molar-refractivity contribution is 0.0544. The van der Waals surface area contributed by atoms with Gasteiger partial charge in [0, 0.05) is 17.1 Å². The van der Waals surface area contributed by atoms with Crippen LogP contribution in [0.1, 0.15) is 26.3 Å². The molecule has 0 saturated carbocycles. The average Bonchev–Trinajstić information content (AvgIpc) is 2.86. The molecule has 1 heterocycles. The molecule has 23 heavy (non-hydrogen) atoms. The van der Waals surface area contributed by atoms with Crippen LogP contribution in [0.3, 0.4) is 0 Å². The lowest BCUT2D eigenvalue weighted by atomic mass is 10.0. The Bertz CT molecular complexity index is 869. The van der Waals surface area contributed by atoms with Crippen LogP contribution < -0.4 is 0 Å². The third kappa shape index (κ3) is 3.00. The lowest BCUT2D eigenvalue weighted by Crippen LogP contribution is -2.26. The molecule has 2 aromatic carbocycles. The molecule has 0 spiro atoms. The second kappa shape index (κ2) is 5.58. The zero-order chi connectivity index (χ0) is 16.6. The number of carbonyl (C=O) groups excluding carboxylic acids is 1. The first-order valence-corrected chi connectivity index (χ1v) is 7.76. The monoisotopic (exact) mass is 307 g/mol. The van der Waals surface area contributed by atoms with E-state index in [9.17, 15) is 4.79 Å². The maximum atomic E-state index is 12.5. The van der Waals surface area contributed by atoms with E-state index in [1.165, 1.54) is 5.56 Å². The SMILES string of the molecule is Cc1ccccc1-c1cn(C(=O)OC(C)(C)C)c2ccccc12. The predicted molar refractivity (Wildman–Crippen MR) is 93.7 cm³/mol. The third-order valence-corrected chi connectivity index (χ3v) is 3.74. The number of nitrogens with zero attached hydrogens (tertiary/aromatic N) is 1. The third-order valence-electron chi connectivity index (χ3n) is 3.74. The van der Waals surface area contributed by atoms with E-state index in [0.717, 1.165) is 22.0 Å². The Kier molecular flexibility index (Phi) is 3.72. The summed E-state index contributed by atoms with van der Waals surface area (Å²) in [5.74, 6) is 0. The van der Waals surface area contributed by atoms with Crippen LogP contribution in [-0.4, -0.2) is 16.3 Å². The minimum atomic E-state index is -0.523. The van der Waals surface area contributed by atoms with Gasteiger partial charge in [0.1, 0.15) is 5.60 Å². The van der Waals surface area contributed by atoms with Crippen molar-refractivity contribution in [2.45, 2.75) is 33.3 Å². The summed E-state index contributed by atoms with van der Waals surface area (Å²) in [6.07, 6.45) is 1.52. The number of aryl methyl sites for hydroxylation is 1. The van der Waals surface area contributed by atoms with Gasteiger partial charge in [-0.3, -0.25) is 4.57 Å². The van der Waals surface area contributed by atoms with Crippen molar-refractivity contribution >= 4 is 17.0 Å². The zero-order valence-electron chi connectivity index (χ0n) is 14.0. The van der Waals surface area contributed by atoms with Crippen molar-refractivity contribution in [1.29, 1.82) is 0 Å². The van der Waals surface area contributed by atoms with E-state index in [2.05, 4.69) is 19.1 Å². The number of benzene rings is 2. The number of ether oxygens (including phenoxy) is 1. The molecular formula is C20H21NO2. The van der Waals surface area contributed by atoms with Gasteiger partial charge in [0.25, 0.3) is 0 Å². The van der Waals surface area contributed by atoms with E-state index >= 15 is 0 Å². The first-order valence-electron chi connectivity index (χ1n) is 7.76. The predicted octanol–water partition coefficient (Wildman–Crippen LogP) is 5.40. The molecule has 3 aromatic rings. The van der Waals surface area contributed by atoms with E-state index in [0.29, 0.717) is 0 Å². The first-order chi connectivity index (χ1) is 10.9. The smallest absolute Gasteiger partial charge is 0.419 e. The maximum absolute atomic E-state index is 12.5. The summed E-state index contributed by atoms with van der Waals surface area (Å²) in [6, 6.07) is 16.1. The van der Waals surface area contributed by atoms with Gasteiger partial charge in [0.05, 0.1) is 5.52 Å². The van der Waals surface area contributed by atoms with E-state index in [4.69, 9.17) is 4.74 Å². The second-order valence-corrected chi connectivity index (χ2v) is 6.73. The van der Waals surface area contributed by atoms with Crippen molar-refractivity contribution in [3.8, 4) is 11.1 Å². The van der Waals surface area contributed by atoms with Crippen LogP contribution in [0.4, 0.5) is 4.79 Å². The zero-order valence-corrected chi connectivity index (χ0v) is 14.0. The average molecular weight is 307 g/mol. The fourth-order valence-electron chi connectivity index (χ4n) is 2.73. The molecule has 0 saturated heterocycles. The molecule has 3 heteroatoms. The highest BCUT2D eigenvalue weighted by Gasteiger charge is 2.21. The number of carbonyl (C=O) groups is 1. The summed E-state index contributed by atoms with van der Waals surface area (Å²) in [6.45, 7) is 7.70. The van der Waals surface area contributed by atoms with Crippen LogP contribution in [-0.2, 0) is 4.74 Å². The van der Waals surface area contributed by atoms with Crippen LogP contribution in [0.5, 0.6) is 0 Å². The molecule has 118 valence electrons. The van der Waals surface area contributed by atoms with Crippen LogP contribution in [0.25, 0.3) is 22.0 Å². The standard InChI is InChI=1S/C20H21NO2/c1-14-9-5-6-10-15(14)17-13-21(19(22)23-20(2,3)4)18-12-8-7-11-16(17)18/h5-13H,1-4H3. The van der Waals surface area contributed by atoms with Gasteiger partial charge in [0.2, 0.25) is 0 Å². The van der Waals surface area contributed by atoms with E-state index in [1.54, 1.807) is 4.57 Å². The molecular weight excluding hydrogens is 286 g/mol. The molecule has 0 fully saturated rings. The van der Waals surface area contributed by atoms with Crippen molar-refractivity contribution in [3.05, 3.63) is 60.3 Å². The van der Waals surface area contributed by atoms with Crippen molar-refractivity contribution in [1.82, 2.24) is 4.57 Å². The topological polar surface area (TPSA) is 31.2 Å². The minimum Gasteiger partial charge on any atom is -0.443 e. The maximum Gasteiger partial charge on any atom is 0.419 e. The van der Waals surface area contributed by atoms with Crippen molar-refractivity contribution in [2.75, 3.05) is 0 Å². The fourth-order valence-corrected chi connectivity index (χ4v) is 2.73. The van der Waals surface area contributed by atoms with E-state index in [1.807, 2.05) is 63.4 Å². The minimum absolute atomic E-state index is 0.353. The van der Waals surface area contributed by atoms with Crippen LogP contribution in [0.15, 0.2) is 54.7 Å². The summed E-state index contributed by atoms with van der Waals surface area (Å²) in [7, 11) is 0. The summed E-state index contributed by atoms with van der Waals surface area (Å²) in [4.78, 5) is 12.5. The number of para-hydroxylation sites is 1. The molecule has 0 bridgehead atoms. The molecule has 0 aliphatic heterocycles. The Hall–Kier alpha value is -2.55. The van der Waals surface area contributed by atoms with Crippen molar-refractivity contribution in [2.24, 2.45) is 0 Å². The molecule has 0 atom stereocenters. The van der Waals surface area contributed by atoms with Gasteiger partial charge >= 0.3 is 6.09 Å². The van der Waals surface area contributed by atoms with Crippen molar-refractivity contribution < 1.29 is 9.53 Å². The Balaban J connectivity index is 2.19. The van der Waals surface area contributed by atoms with Crippen molar-refractivity contribution in [3.63, 3.8) is 0 Å². The fraction of sp³-hybridized carbons (Fsp3) is 0.250. The molecule has 1 aromatic heterocycles. The molecule has 0 N–H and O–H groups in total. The highest BCUT2D eigenvalue weighted by molar-refractivity contribution is 6.01. The molecule has 0 radical (unpaired) electrons. The largest absolute Gasteiger partial charge is 0.443 e. The Morgan fingerprint density at radius 3 is 2.30 bits per heavy atom. The number of hydrogen-bond donors (Lipinski definition) is 0. The molecule has 3 nitrogen and oxygen atoms in total. The van der Waals surface area contributed by atoms with Crippen LogP contribution >= 0.6 is 0 Å². The number of rotatable bonds is 1. The summed E-state index contributed by atoms with van der Waals surface area (Å²) in [5.41, 5.74) is 3.70. The summed E-state index contributed by atoms with van der Waals surface area (Å²) >= 11 is 0. The van der Waals surface area contributed by atoms with Gasteiger partial charge in [0.15, 0.2) is 0 Å². The van der Waals surface area contributed by atoms with Crippen LogP contribution in [0, 0.1) is 6.92 Å². The van der Waals surface area contributed by atoms with Gasteiger partial charge < -0.3 is 4.74 Å². The summed E-state index contributed by atoms with van der Waals surface area (Å²) in [5, 5.41) is 1.05. The normalized spacial score (nSPS) is 11.7. The molecule has 3 rings (SSSR count). The molecule has 0 aliphatic rings. The lowest BCUT2D eigenvalue weighted by Gasteiger charge is -2.19. The van der Waals surface area contributed by atoms with Gasteiger partial charge in [-0.15, -0.1) is 0 Å². The number of fused-ring (bicyclic) bond motifs is 1. The highest BCUT2D eigenvalue weighted by Crippen LogP contribution is 2.32. The first kappa shape index (κ1) is 15.3. The Morgan fingerprint density at radius 1 is 0.957 bits per heavy atom. The number of aromatic nitrogens is 1. The van der Waals surface area contributed by atoms with Gasteiger partial charge in [-0.05, 0) is 44.9 Å². The van der Waals surface area contributed by atoms with E-state index < -0.39 is 5.60 Å². The molecule has 0 unspecified atom stereocenters. The Labute approximate surface area is 136 Å². The molecule has 0 amide bonds. The van der Waals surface area contributed by atoms with Gasteiger partial charge in [-0.25, -0.2) is 4.79 Å². The van der Waals surface area contributed by atoms with Gasteiger partial charge in [-0.2, -0.15) is 0 Å². The number of hydrogen-bond acceptors (Lipinski definition) is 2. The van der Waals surface area contributed by atoms with Gasteiger partial charge in [-0.1, -0.05) is 42.5 Å². The Morgan fingerprint density at radius 2 is 1.61 bits per heavy atom. The van der Waals surface area contributed by atoms with Crippen LogP contribution in [0.2, 0.25) is 0 Å². The van der Waals surface area contributed by atoms with E-state index in [-0.39, 0.29) is 6.09 Å².